The van der Waals surface area contributed by atoms with Crippen molar-refractivity contribution in [1.29, 1.82) is 0 Å². The van der Waals surface area contributed by atoms with E-state index in [2.05, 4.69) is 32.3 Å². The van der Waals surface area contributed by atoms with Crippen molar-refractivity contribution in [3.63, 3.8) is 0 Å². The van der Waals surface area contributed by atoms with Gasteiger partial charge in [0.15, 0.2) is 11.9 Å². The molecule has 0 spiro atoms. The van der Waals surface area contributed by atoms with Crippen LogP contribution in [0.2, 0.25) is 0 Å². The summed E-state index contributed by atoms with van der Waals surface area (Å²) in [5.41, 5.74) is 4.84. The summed E-state index contributed by atoms with van der Waals surface area (Å²) in [4.78, 5) is 18.1. The molecule has 7 heteroatoms. The van der Waals surface area contributed by atoms with Crippen LogP contribution in [-0.4, -0.2) is 43.5 Å². The van der Waals surface area contributed by atoms with Gasteiger partial charge in [-0.2, -0.15) is 0 Å². The molecule has 3 aromatic rings. The van der Waals surface area contributed by atoms with Gasteiger partial charge in [0.2, 0.25) is 5.82 Å². The standard InChI is InChI=1S/C20H20N6O/c1-13-5-4-9-26-19(18(22-20(13)26)15-6-2-3-8-21-15)14-7-10-25-16(11-14)23-24-17(25)12-27/h2-3,6-8,10-13,20,22H,4-5,9H2,1H3/t13-,20?/m0/s1. The van der Waals surface area contributed by atoms with Crippen LogP contribution >= 0.6 is 0 Å². The van der Waals surface area contributed by atoms with Crippen LogP contribution in [0.5, 0.6) is 0 Å². The van der Waals surface area contributed by atoms with E-state index in [1.54, 1.807) is 4.40 Å². The van der Waals surface area contributed by atoms with Crippen LogP contribution in [-0.2, 0) is 0 Å². The summed E-state index contributed by atoms with van der Waals surface area (Å²) >= 11 is 0. The second kappa shape index (κ2) is 6.19. The van der Waals surface area contributed by atoms with Gasteiger partial charge in [-0.1, -0.05) is 13.0 Å². The Morgan fingerprint density at radius 2 is 2.19 bits per heavy atom. The maximum Gasteiger partial charge on any atom is 0.201 e. The van der Waals surface area contributed by atoms with Crippen LogP contribution in [0.15, 0.2) is 42.7 Å². The lowest BCUT2D eigenvalue weighted by atomic mass is 9.96. The van der Waals surface area contributed by atoms with Crippen molar-refractivity contribution in [1.82, 2.24) is 29.8 Å². The van der Waals surface area contributed by atoms with Gasteiger partial charge < -0.3 is 10.2 Å². The van der Waals surface area contributed by atoms with Crippen molar-refractivity contribution < 1.29 is 4.79 Å². The van der Waals surface area contributed by atoms with E-state index < -0.39 is 0 Å². The summed E-state index contributed by atoms with van der Waals surface area (Å²) in [6.07, 6.45) is 7.05. The normalized spacial score (nSPS) is 22.0. The number of hydrogen-bond donors (Lipinski definition) is 1. The fraction of sp³-hybridized carbons (Fsp3) is 0.300. The Labute approximate surface area is 156 Å². The number of aldehydes is 1. The number of nitrogens with one attached hydrogen (secondary N) is 1. The molecule has 0 radical (unpaired) electrons. The maximum absolute atomic E-state index is 11.1. The Morgan fingerprint density at radius 1 is 1.26 bits per heavy atom. The van der Waals surface area contributed by atoms with Gasteiger partial charge in [-0.3, -0.25) is 14.2 Å². The number of carbonyl (C=O) groups excluding carboxylic acids is 1. The molecule has 1 fully saturated rings. The van der Waals surface area contributed by atoms with E-state index in [9.17, 15) is 4.79 Å². The number of nitrogens with zero attached hydrogens (tertiary/aromatic N) is 5. The third kappa shape index (κ3) is 2.50. The third-order valence-corrected chi connectivity index (χ3v) is 5.49. The highest BCUT2D eigenvalue weighted by atomic mass is 16.1. The van der Waals surface area contributed by atoms with Gasteiger partial charge >= 0.3 is 0 Å². The van der Waals surface area contributed by atoms with Gasteiger partial charge in [0.1, 0.15) is 6.17 Å². The zero-order chi connectivity index (χ0) is 18.4. The lowest BCUT2D eigenvalue weighted by molar-refractivity contribution is 0.111. The fourth-order valence-electron chi connectivity index (χ4n) is 4.17. The first-order chi connectivity index (χ1) is 13.3. The summed E-state index contributed by atoms with van der Waals surface area (Å²) in [6, 6.07) is 9.98. The molecule has 2 atom stereocenters. The second-order valence-electron chi connectivity index (χ2n) is 7.16. The molecule has 2 aliphatic rings. The predicted octanol–water partition coefficient (Wildman–Crippen LogP) is 2.42. The van der Waals surface area contributed by atoms with Crippen molar-refractivity contribution in [3.05, 3.63) is 59.8 Å². The van der Waals surface area contributed by atoms with Crippen LogP contribution in [0.3, 0.4) is 0 Å². The molecule has 2 aliphatic heterocycles. The van der Waals surface area contributed by atoms with Gasteiger partial charge in [-0.05, 0) is 43.0 Å². The Kier molecular flexibility index (Phi) is 3.67. The van der Waals surface area contributed by atoms with E-state index in [1.165, 1.54) is 12.8 Å². The average molecular weight is 360 g/mol. The SMILES string of the molecule is C[C@H]1CCCN2C(c3ccn4c(C=O)nnc4c3)=C(c3ccccn3)NC12. The van der Waals surface area contributed by atoms with Crippen LogP contribution in [0.25, 0.3) is 17.0 Å². The molecule has 136 valence electrons. The van der Waals surface area contributed by atoms with Crippen LogP contribution < -0.4 is 5.32 Å². The Bertz CT molecular complexity index is 1040. The molecule has 27 heavy (non-hydrogen) atoms. The van der Waals surface area contributed by atoms with Crippen molar-refractivity contribution >= 4 is 23.3 Å². The molecule has 5 heterocycles. The highest BCUT2D eigenvalue weighted by Gasteiger charge is 2.38. The molecule has 1 unspecified atom stereocenters. The number of rotatable bonds is 3. The summed E-state index contributed by atoms with van der Waals surface area (Å²) in [5.74, 6) is 0.859. The lowest BCUT2D eigenvalue weighted by Crippen LogP contribution is -2.45. The molecule has 1 saturated heterocycles. The number of aromatic nitrogens is 4. The zero-order valence-corrected chi connectivity index (χ0v) is 15.0. The number of pyridine rings is 2. The highest BCUT2D eigenvalue weighted by Crippen LogP contribution is 2.39. The molecule has 0 bridgehead atoms. The summed E-state index contributed by atoms with van der Waals surface area (Å²) < 4.78 is 1.70. The number of carbonyl (C=O) groups is 1. The van der Waals surface area contributed by atoms with Crippen LogP contribution in [0.1, 0.15) is 41.6 Å². The van der Waals surface area contributed by atoms with Gasteiger partial charge in [0.25, 0.3) is 0 Å². The molecular formula is C20H20N6O. The summed E-state index contributed by atoms with van der Waals surface area (Å²) in [7, 11) is 0. The zero-order valence-electron chi connectivity index (χ0n) is 15.0. The molecule has 7 nitrogen and oxygen atoms in total. The Morgan fingerprint density at radius 3 is 3.00 bits per heavy atom. The average Bonchev–Trinajstić information content (AvgIpc) is 3.30. The van der Waals surface area contributed by atoms with E-state index in [-0.39, 0.29) is 6.17 Å². The van der Waals surface area contributed by atoms with Crippen LogP contribution in [0.4, 0.5) is 0 Å². The smallest absolute Gasteiger partial charge is 0.201 e. The van der Waals surface area contributed by atoms with Crippen molar-refractivity contribution in [2.45, 2.75) is 25.9 Å². The highest BCUT2D eigenvalue weighted by molar-refractivity contribution is 5.91. The quantitative estimate of drug-likeness (QED) is 0.723. The van der Waals surface area contributed by atoms with Gasteiger partial charge in [-0.15, -0.1) is 10.2 Å². The van der Waals surface area contributed by atoms with E-state index >= 15 is 0 Å². The second-order valence-corrected chi connectivity index (χ2v) is 7.16. The van der Waals surface area contributed by atoms with E-state index in [0.717, 1.165) is 35.5 Å². The first kappa shape index (κ1) is 16.0. The van der Waals surface area contributed by atoms with Crippen molar-refractivity contribution in [2.24, 2.45) is 5.92 Å². The first-order valence-corrected chi connectivity index (χ1v) is 9.25. The topological polar surface area (TPSA) is 75.4 Å². The maximum atomic E-state index is 11.1. The fourth-order valence-corrected chi connectivity index (χ4v) is 4.17. The van der Waals surface area contributed by atoms with E-state index in [0.29, 0.717) is 17.4 Å². The predicted molar refractivity (Wildman–Crippen MR) is 101 cm³/mol. The van der Waals surface area contributed by atoms with Crippen molar-refractivity contribution in [2.75, 3.05) is 6.54 Å². The Balaban J connectivity index is 1.68. The molecule has 0 amide bonds. The minimum atomic E-state index is 0.269. The van der Waals surface area contributed by atoms with Crippen molar-refractivity contribution in [3.8, 4) is 0 Å². The molecule has 1 N–H and O–H groups in total. The lowest BCUT2D eigenvalue weighted by Gasteiger charge is -2.37. The minimum absolute atomic E-state index is 0.269. The first-order valence-electron chi connectivity index (χ1n) is 9.25. The number of fused-ring (bicyclic) bond motifs is 2. The monoisotopic (exact) mass is 360 g/mol. The summed E-state index contributed by atoms with van der Waals surface area (Å²) in [5, 5.41) is 11.8. The molecule has 0 saturated carbocycles. The van der Waals surface area contributed by atoms with E-state index in [4.69, 9.17) is 0 Å². The van der Waals surface area contributed by atoms with Gasteiger partial charge in [0.05, 0.1) is 17.1 Å². The third-order valence-electron chi connectivity index (χ3n) is 5.49. The molecule has 0 aliphatic carbocycles. The number of piperidine rings is 1. The summed E-state index contributed by atoms with van der Waals surface area (Å²) in [6.45, 7) is 3.30. The van der Waals surface area contributed by atoms with Gasteiger partial charge in [-0.25, -0.2) is 0 Å². The Hall–Kier alpha value is -3.22. The van der Waals surface area contributed by atoms with Crippen LogP contribution in [0, 0.1) is 5.92 Å². The molecule has 0 aromatic carbocycles. The number of hydrogen-bond acceptors (Lipinski definition) is 6. The largest absolute Gasteiger partial charge is 0.361 e. The molecule has 3 aromatic heterocycles. The molecule has 5 rings (SSSR count). The molecular weight excluding hydrogens is 340 g/mol. The minimum Gasteiger partial charge on any atom is -0.361 e. The van der Waals surface area contributed by atoms with Gasteiger partial charge in [0, 0.05) is 24.5 Å². The van der Waals surface area contributed by atoms with E-state index in [1.807, 2.05) is 42.7 Å².